The molecule has 0 fully saturated rings. The average molecular weight is 405 g/mol. The van der Waals surface area contributed by atoms with Crippen molar-refractivity contribution < 1.29 is 33.8 Å². The van der Waals surface area contributed by atoms with Gasteiger partial charge < -0.3 is 35.7 Å². The molecule has 2 amide bonds. The highest BCUT2D eigenvalue weighted by atomic mass is 16.5. The number of alkyl carbamates (subject to hydrolysis) is 1. The molecule has 6 N–H and O–H groups in total. The van der Waals surface area contributed by atoms with Gasteiger partial charge in [0.05, 0.1) is 0 Å². The highest BCUT2D eigenvalue weighted by Crippen LogP contribution is 2.13. The van der Waals surface area contributed by atoms with E-state index in [-0.39, 0.29) is 19.7 Å². The van der Waals surface area contributed by atoms with Gasteiger partial charge in [0.2, 0.25) is 11.2 Å². The number of rotatable bonds is 8. The van der Waals surface area contributed by atoms with E-state index in [1.165, 1.54) is 0 Å². The van der Waals surface area contributed by atoms with Gasteiger partial charge in [-0.15, -0.1) is 0 Å². The zero-order valence-corrected chi connectivity index (χ0v) is 15.1. The lowest BCUT2D eigenvalue weighted by Crippen LogP contribution is -2.35. The summed E-state index contributed by atoms with van der Waals surface area (Å²) in [4.78, 5) is 45.9. The summed E-state index contributed by atoms with van der Waals surface area (Å²) in [7, 11) is 0. The van der Waals surface area contributed by atoms with E-state index in [1.807, 2.05) is 12.1 Å². The van der Waals surface area contributed by atoms with Crippen LogP contribution in [0.2, 0.25) is 0 Å². The minimum atomic E-state index is -1.70. The Balaban J connectivity index is 1.76. The maximum atomic E-state index is 11.9. The molecule has 0 bridgehead atoms. The molecule has 1 heterocycles. The molecule has 2 aromatic rings. The van der Waals surface area contributed by atoms with Crippen LogP contribution in [-0.4, -0.2) is 41.3 Å². The molecule has 0 unspecified atom stereocenters. The van der Waals surface area contributed by atoms with E-state index in [0.717, 1.165) is 11.1 Å². The normalized spacial score (nSPS) is 10.2. The number of hydrogen-bond donors (Lipinski definition) is 5. The molecule has 0 aliphatic heterocycles. The lowest BCUT2D eigenvalue weighted by atomic mass is 10.1. The van der Waals surface area contributed by atoms with Gasteiger partial charge in [0.1, 0.15) is 6.61 Å². The first-order chi connectivity index (χ1) is 13.8. The topological polar surface area (TPSA) is 181 Å². The van der Waals surface area contributed by atoms with Crippen molar-refractivity contribution in [1.82, 2.24) is 10.6 Å². The maximum absolute atomic E-state index is 11.9. The molecular weight excluding hydrogens is 386 g/mol. The first kappa shape index (κ1) is 21.4. The Bertz CT molecular complexity index is 953. The number of nitrogens with one attached hydrogen (secondary N) is 2. The van der Waals surface area contributed by atoms with Gasteiger partial charge in [-0.05, 0) is 11.1 Å². The number of carbonyl (C=O) groups is 3. The van der Waals surface area contributed by atoms with Gasteiger partial charge in [0, 0.05) is 25.7 Å². The number of aromatic carboxylic acids is 1. The minimum Gasteiger partial charge on any atom is -0.501 e. The summed E-state index contributed by atoms with van der Waals surface area (Å²) in [6.45, 7) is 0.426. The third-order valence-electron chi connectivity index (χ3n) is 3.65. The molecule has 0 saturated carbocycles. The third-order valence-corrected chi connectivity index (χ3v) is 3.65. The molecule has 154 valence electrons. The lowest BCUT2D eigenvalue weighted by molar-refractivity contribution is 0.0649. The Morgan fingerprint density at radius 1 is 1.07 bits per heavy atom. The summed E-state index contributed by atoms with van der Waals surface area (Å²) in [5.74, 6) is -5.32. The van der Waals surface area contributed by atoms with Gasteiger partial charge in [0.15, 0.2) is 5.76 Å². The van der Waals surface area contributed by atoms with Crippen LogP contribution in [0, 0.1) is 0 Å². The van der Waals surface area contributed by atoms with Gasteiger partial charge in [-0.1, -0.05) is 24.3 Å². The first-order valence-electron chi connectivity index (χ1n) is 8.39. The Morgan fingerprint density at radius 3 is 2.31 bits per heavy atom. The van der Waals surface area contributed by atoms with Crippen LogP contribution in [0.4, 0.5) is 4.79 Å². The largest absolute Gasteiger partial charge is 0.501 e. The summed E-state index contributed by atoms with van der Waals surface area (Å²) in [5.41, 5.74) is 6.16. The van der Waals surface area contributed by atoms with E-state index in [2.05, 4.69) is 10.6 Å². The molecule has 11 nitrogen and oxygen atoms in total. The van der Waals surface area contributed by atoms with Crippen molar-refractivity contribution in [3.63, 3.8) is 0 Å². The molecule has 1 aromatic carbocycles. The highest BCUT2D eigenvalue weighted by molar-refractivity contribution is 5.93. The van der Waals surface area contributed by atoms with E-state index >= 15 is 0 Å². The number of aromatic hydroxyl groups is 1. The fourth-order valence-corrected chi connectivity index (χ4v) is 2.14. The van der Waals surface area contributed by atoms with E-state index in [0.29, 0.717) is 12.6 Å². The average Bonchev–Trinajstić information content (AvgIpc) is 2.71. The van der Waals surface area contributed by atoms with Crippen molar-refractivity contribution in [3.8, 4) is 5.75 Å². The molecule has 0 aliphatic carbocycles. The van der Waals surface area contributed by atoms with Crippen LogP contribution in [0.3, 0.4) is 0 Å². The van der Waals surface area contributed by atoms with Crippen LogP contribution in [0.15, 0.2) is 39.5 Å². The second-order valence-corrected chi connectivity index (χ2v) is 5.74. The Hall–Kier alpha value is -3.86. The lowest BCUT2D eigenvalue weighted by Gasteiger charge is -2.09. The number of carboxylic acids is 1. The second kappa shape index (κ2) is 9.90. The zero-order valence-electron chi connectivity index (χ0n) is 15.1. The molecule has 0 aliphatic rings. The van der Waals surface area contributed by atoms with Gasteiger partial charge in [0.25, 0.3) is 11.7 Å². The third kappa shape index (κ3) is 6.07. The number of amides is 2. The van der Waals surface area contributed by atoms with Gasteiger partial charge in [-0.25, -0.2) is 9.59 Å². The molecule has 0 saturated heterocycles. The molecule has 1 aromatic heterocycles. The van der Waals surface area contributed by atoms with Gasteiger partial charge in [-0.3, -0.25) is 9.59 Å². The van der Waals surface area contributed by atoms with Crippen molar-refractivity contribution in [2.24, 2.45) is 5.73 Å². The van der Waals surface area contributed by atoms with Crippen molar-refractivity contribution in [3.05, 3.63) is 63.2 Å². The fraction of sp³-hybridized carbons (Fsp3) is 0.222. The molecular formula is C18H19N3O8. The quantitative estimate of drug-likeness (QED) is 0.382. The van der Waals surface area contributed by atoms with E-state index in [9.17, 15) is 24.3 Å². The van der Waals surface area contributed by atoms with Crippen LogP contribution in [0.25, 0.3) is 0 Å². The van der Waals surface area contributed by atoms with Crippen molar-refractivity contribution in [2.45, 2.75) is 13.2 Å². The molecule has 11 heteroatoms. The van der Waals surface area contributed by atoms with E-state index in [1.54, 1.807) is 12.1 Å². The molecule has 2 rings (SSSR count). The standard InChI is InChI=1S/C18H19N3O8/c19-8-10-1-3-11(4-2-10)9-28-18(27)21-6-5-20-16(24)13-7-12(22)14(23)15(29-13)17(25)26/h1-4,7,23H,5-6,8-9,19H2,(H,20,24)(H,21,27)(H,25,26). The van der Waals surface area contributed by atoms with Crippen LogP contribution in [0.5, 0.6) is 5.75 Å². The fourth-order valence-electron chi connectivity index (χ4n) is 2.14. The van der Waals surface area contributed by atoms with Gasteiger partial charge in [-0.2, -0.15) is 0 Å². The number of carboxylic acid groups (broad SMARTS) is 1. The van der Waals surface area contributed by atoms with Crippen molar-refractivity contribution >= 4 is 18.0 Å². The van der Waals surface area contributed by atoms with Crippen LogP contribution >= 0.6 is 0 Å². The first-order valence-corrected chi connectivity index (χ1v) is 8.39. The molecule has 0 spiro atoms. The zero-order chi connectivity index (χ0) is 21.4. The molecule has 0 radical (unpaired) electrons. The number of benzene rings is 1. The summed E-state index contributed by atoms with van der Waals surface area (Å²) < 4.78 is 9.73. The Morgan fingerprint density at radius 2 is 1.69 bits per heavy atom. The summed E-state index contributed by atoms with van der Waals surface area (Å²) in [5, 5.41) is 22.9. The van der Waals surface area contributed by atoms with E-state index < -0.39 is 40.7 Å². The van der Waals surface area contributed by atoms with Crippen molar-refractivity contribution in [2.75, 3.05) is 13.1 Å². The summed E-state index contributed by atoms with van der Waals surface area (Å²) in [6, 6.07) is 7.88. The van der Waals surface area contributed by atoms with Crippen LogP contribution < -0.4 is 21.8 Å². The van der Waals surface area contributed by atoms with Crippen LogP contribution in [0.1, 0.15) is 32.2 Å². The summed E-state index contributed by atoms with van der Waals surface area (Å²) in [6.07, 6.45) is -0.702. The van der Waals surface area contributed by atoms with Gasteiger partial charge >= 0.3 is 12.1 Å². The van der Waals surface area contributed by atoms with Crippen molar-refractivity contribution in [1.29, 1.82) is 0 Å². The Kier molecular flexibility index (Phi) is 7.32. The number of nitrogens with two attached hydrogens (primary N) is 1. The maximum Gasteiger partial charge on any atom is 0.407 e. The predicted molar refractivity (Wildman–Crippen MR) is 98.5 cm³/mol. The smallest absolute Gasteiger partial charge is 0.407 e. The SMILES string of the molecule is NCc1ccc(COC(=O)NCCNC(=O)c2cc(=O)c(O)c(C(=O)O)o2)cc1. The summed E-state index contributed by atoms with van der Waals surface area (Å²) >= 11 is 0. The van der Waals surface area contributed by atoms with E-state index in [4.69, 9.17) is 20.0 Å². The second-order valence-electron chi connectivity index (χ2n) is 5.74. The monoisotopic (exact) mass is 405 g/mol. The number of ether oxygens (including phenoxy) is 1. The van der Waals surface area contributed by atoms with Crippen LogP contribution in [-0.2, 0) is 17.9 Å². The minimum absolute atomic E-state index is 0.00475. The molecule has 0 atom stereocenters. The number of carbonyl (C=O) groups excluding carboxylic acids is 2. The highest BCUT2D eigenvalue weighted by Gasteiger charge is 2.20. The number of hydrogen-bond acceptors (Lipinski definition) is 8. The molecule has 29 heavy (non-hydrogen) atoms. The Labute approximate surface area is 164 Å². The predicted octanol–water partition coefficient (Wildman–Crippen LogP) is 0.158.